The predicted octanol–water partition coefficient (Wildman–Crippen LogP) is 0.156. The molecule has 1 atom stereocenters. The number of aliphatic carboxylic acids is 1. The van der Waals surface area contributed by atoms with Crippen LogP contribution >= 0.6 is 0 Å². The second kappa shape index (κ2) is 5.85. The van der Waals surface area contributed by atoms with Gasteiger partial charge in [0.25, 0.3) is 0 Å². The van der Waals surface area contributed by atoms with Crippen LogP contribution in [0.3, 0.4) is 0 Å². The van der Waals surface area contributed by atoms with Crippen molar-refractivity contribution >= 4 is 57.4 Å². The Morgan fingerprint density at radius 1 is 1.25 bits per heavy atom. The van der Waals surface area contributed by atoms with Crippen molar-refractivity contribution in [2.24, 2.45) is 0 Å². The number of aliphatic hydroxyl groups is 1. The number of rotatable bonds is 2. The summed E-state index contributed by atoms with van der Waals surface area (Å²) in [7, 11) is 0. The Morgan fingerprint density at radius 2 is 1.75 bits per heavy atom. The average Bonchev–Trinajstić information content (AvgIpc) is 2.05. The molecule has 1 aromatic rings. The van der Waals surface area contributed by atoms with E-state index in [2.05, 4.69) is 0 Å². The molecule has 0 heterocycles. The number of carboxylic acid groups (broad SMARTS) is 1. The van der Waals surface area contributed by atoms with Crippen LogP contribution in [0.4, 0.5) is 0 Å². The molecule has 1 aromatic carbocycles. The van der Waals surface area contributed by atoms with Crippen LogP contribution in [-0.2, 0) is 4.79 Å². The van der Waals surface area contributed by atoms with Gasteiger partial charge in [-0.3, -0.25) is 0 Å². The Hall–Kier alpha value is 0.286. The van der Waals surface area contributed by atoms with Crippen molar-refractivity contribution in [1.82, 2.24) is 0 Å². The quantitative estimate of drug-likeness (QED) is 0.656. The summed E-state index contributed by atoms with van der Waals surface area (Å²) >= 11 is 0. The summed E-state index contributed by atoms with van der Waals surface area (Å²) in [6, 6.07) is 8.26. The van der Waals surface area contributed by atoms with E-state index in [4.69, 9.17) is 10.2 Å². The molecule has 0 fully saturated rings. The molecule has 0 saturated carbocycles. The number of carboxylic acids is 1. The molecule has 2 N–H and O–H groups in total. The molecule has 4 heteroatoms. The third kappa shape index (κ3) is 3.34. The molecule has 0 aliphatic heterocycles. The average molecular weight is 192 g/mol. The molecule has 0 aromatic heterocycles. The van der Waals surface area contributed by atoms with Gasteiger partial charge in [-0.15, -0.1) is 0 Å². The van der Waals surface area contributed by atoms with E-state index < -0.39 is 12.1 Å². The maximum absolute atomic E-state index is 10.2. The molecule has 0 saturated heterocycles. The molecular weight excluding hydrogens is 183 g/mol. The van der Waals surface area contributed by atoms with Gasteiger partial charge in [0, 0.05) is 0 Å². The van der Waals surface area contributed by atoms with Crippen molar-refractivity contribution in [2.75, 3.05) is 0 Å². The fourth-order valence-corrected chi connectivity index (χ4v) is 0.778. The number of hydrogen-bond acceptors (Lipinski definition) is 2. The van der Waals surface area contributed by atoms with Crippen LogP contribution in [0.15, 0.2) is 30.3 Å². The molecule has 12 heavy (non-hydrogen) atoms. The van der Waals surface area contributed by atoms with E-state index in [-0.39, 0.29) is 51.4 Å². The van der Waals surface area contributed by atoms with E-state index in [0.717, 1.165) is 0 Å². The third-order valence-corrected chi connectivity index (χ3v) is 1.35. The van der Waals surface area contributed by atoms with Gasteiger partial charge in [-0.05, 0) is 5.56 Å². The van der Waals surface area contributed by atoms with E-state index in [1.165, 1.54) is 0 Å². The Balaban J connectivity index is 0.00000121. The number of hydrogen-bond donors (Lipinski definition) is 2. The van der Waals surface area contributed by atoms with E-state index in [0.29, 0.717) is 5.56 Å². The minimum absolute atomic E-state index is 0. The Bertz CT molecular complexity index is 248. The van der Waals surface area contributed by atoms with Gasteiger partial charge in [0.05, 0.1) is 0 Å². The second-order valence-corrected chi connectivity index (χ2v) is 2.15. The summed E-state index contributed by atoms with van der Waals surface area (Å²) in [5.41, 5.74) is 0.403. The SMILES string of the molecule is O=C(O)[C@H](O)c1ccccc1.[KH]. The first kappa shape index (κ1) is 12.3. The predicted molar refractivity (Wildman–Crippen MR) is 46.2 cm³/mol. The molecule has 0 aliphatic carbocycles. The Morgan fingerprint density at radius 3 is 2.17 bits per heavy atom. The van der Waals surface area contributed by atoms with Crippen molar-refractivity contribution < 1.29 is 15.0 Å². The summed E-state index contributed by atoms with van der Waals surface area (Å²) in [4.78, 5) is 10.2. The second-order valence-electron chi connectivity index (χ2n) is 2.15. The van der Waals surface area contributed by atoms with Crippen LogP contribution in [0.5, 0.6) is 0 Å². The van der Waals surface area contributed by atoms with Gasteiger partial charge in [0.1, 0.15) is 0 Å². The molecule has 60 valence electrons. The molecule has 0 amide bonds. The monoisotopic (exact) mass is 192 g/mol. The van der Waals surface area contributed by atoms with Crippen molar-refractivity contribution in [2.45, 2.75) is 6.10 Å². The van der Waals surface area contributed by atoms with Crippen LogP contribution in [0.1, 0.15) is 11.7 Å². The van der Waals surface area contributed by atoms with Crippen molar-refractivity contribution in [3.63, 3.8) is 0 Å². The molecule has 1 rings (SSSR count). The number of aliphatic hydroxyl groups excluding tert-OH is 1. The molecule has 0 aliphatic rings. The third-order valence-electron chi connectivity index (χ3n) is 1.35. The van der Waals surface area contributed by atoms with Crippen LogP contribution in [0.25, 0.3) is 0 Å². The summed E-state index contributed by atoms with van der Waals surface area (Å²) in [5.74, 6) is -1.23. The van der Waals surface area contributed by atoms with Crippen LogP contribution in [-0.4, -0.2) is 67.6 Å². The van der Waals surface area contributed by atoms with Gasteiger partial charge < -0.3 is 10.2 Å². The Labute approximate surface area is 113 Å². The molecule has 0 bridgehead atoms. The normalized spacial score (nSPS) is 11.4. The summed E-state index contributed by atoms with van der Waals surface area (Å²) in [5, 5.41) is 17.4. The van der Waals surface area contributed by atoms with E-state index >= 15 is 0 Å². The Kier molecular flexibility index (Phi) is 5.99. The minimum atomic E-state index is -1.41. The summed E-state index contributed by atoms with van der Waals surface area (Å²) < 4.78 is 0. The van der Waals surface area contributed by atoms with Gasteiger partial charge >= 0.3 is 57.4 Å². The maximum atomic E-state index is 10.2. The fourth-order valence-electron chi connectivity index (χ4n) is 0.778. The van der Waals surface area contributed by atoms with E-state index in [9.17, 15) is 4.79 Å². The zero-order chi connectivity index (χ0) is 8.27. The topological polar surface area (TPSA) is 57.5 Å². The summed E-state index contributed by atoms with van der Waals surface area (Å²) in [6.07, 6.45) is -1.41. The molecule has 0 spiro atoms. The van der Waals surface area contributed by atoms with E-state index in [1.807, 2.05) is 0 Å². The van der Waals surface area contributed by atoms with Crippen LogP contribution < -0.4 is 0 Å². The van der Waals surface area contributed by atoms with Gasteiger partial charge in [-0.25, -0.2) is 4.79 Å². The van der Waals surface area contributed by atoms with Gasteiger partial charge in [-0.2, -0.15) is 0 Å². The van der Waals surface area contributed by atoms with E-state index in [1.54, 1.807) is 30.3 Å². The van der Waals surface area contributed by atoms with Crippen molar-refractivity contribution in [3.8, 4) is 0 Å². The first-order valence-electron chi connectivity index (χ1n) is 3.17. The van der Waals surface area contributed by atoms with Crippen LogP contribution in [0, 0.1) is 0 Å². The number of carbonyl (C=O) groups is 1. The van der Waals surface area contributed by atoms with Gasteiger partial charge in [0.15, 0.2) is 6.10 Å². The molecular formula is C8H9KO3. The standard InChI is InChI=1S/C8H8O3.K.H/c9-7(8(10)11)6-4-2-1-3-5-6;;/h1-5,7,9H,(H,10,11);;/t7-;;/m1../s1. The summed E-state index contributed by atoms with van der Waals surface area (Å²) in [6.45, 7) is 0. The molecule has 0 radical (unpaired) electrons. The molecule has 0 unspecified atom stereocenters. The first-order valence-corrected chi connectivity index (χ1v) is 3.17. The first-order chi connectivity index (χ1) is 5.22. The zero-order valence-corrected chi connectivity index (χ0v) is 5.77. The fraction of sp³-hybridized carbons (Fsp3) is 0.125. The van der Waals surface area contributed by atoms with Crippen molar-refractivity contribution in [1.29, 1.82) is 0 Å². The van der Waals surface area contributed by atoms with Crippen LogP contribution in [0.2, 0.25) is 0 Å². The van der Waals surface area contributed by atoms with Gasteiger partial charge in [-0.1, -0.05) is 30.3 Å². The van der Waals surface area contributed by atoms with Crippen molar-refractivity contribution in [3.05, 3.63) is 35.9 Å². The number of benzene rings is 1. The van der Waals surface area contributed by atoms with Gasteiger partial charge in [0.2, 0.25) is 0 Å². The zero-order valence-electron chi connectivity index (χ0n) is 5.77. The molecule has 3 nitrogen and oxygen atoms in total.